The van der Waals surface area contributed by atoms with E-state index in [1.54, 1.807) is 10.9 Å². The largest absolute Gasteiger partial charge is 0.382 e. The first-order valence-corrected chi connectivity index (χ1v) is 9.76. The third-order valence-electron chi connectivity index (χ3n) is 4.84. The van der Waals surface area contributed by atoms with Crippen LogP contribution in [0.3, 0.4) is 0 Å². The number of pyridine rings is 1. The van der Waals surface area contributed by atoms with Crippen LogP contribution in [0.15, 0.2) is 48.9 Å². The maximum Gasteiger partial charge on any atom is 0.146 e. The van der Waals surface area contributed by atoms with Gasteiger partial charge >= 0.3 is 0 Å². The van der Waals surface area contributed by atoms with Crippen molar-refractivity contribution < 1.29 is 0 Å². The van der Waals surface area contributed by atoms with E-state index in [-0.39, 0.29) is 0 Å². The second-order valence-corrected chi connectivity index (χ2v) is 7.19. The van der Waals surface area contributed by atoms with E-state index in [1.165, 1.54) is 5.56 Å². The monoisotopic (exact) mass is 389 g/mol. The predicted molar refractivity (Wildman–Crippen MR) is 116 cm³/mol. The van der Waals surface area contributed by atoms with Gasteiger partial charge in [0.15, 0.2) is 0 Å². The minimum absolute atomic E-state index is 0.372. The molecule has 29 heavy (non-hydrogen) atoms. The van der Waals surface area contributed by atoms with Gasteiger partial charge in [0.2, 0.25) is 0 Å². The molecule has 0 aliphatic carbocycles. The maximum atomic E-state index is 8.85. The lowest BCUT2D eigenvalue weighted by atomic mass is 10.1. The normalized spacial score (nSPS) is 11.8. The Morgan fingerprint density at radius 2 is 1.97 bits per heavy atom. The third kappa shape index (κ3) is 5.80. The Morgan fingerprint density at radius 1 is 1.17 bits per heavy atom. The lowest BCUT2D eigenvalue weighted by Gasteiger charge is -2.15. The summed E-state index contributed by atoms with van der Waals surface area (Å²) in [5.41, 5.74) is 10.8. The standard InChI is InChI=1S/C22H27N7/c1-16(25-10-8-17-3-5-18(12-23)6-4-17)7-9-26-21-11-19(13-27-22(21)24)20-14-28-29(2)15-20/h3-6,11,13-16,25-26H,7-10H2,1-2H3,(H2,24,27). The smallest absolute Gasteiger partial charge is 0.146 e. The van der Waals surface area contributed by atoms with Crippen LogP contribution in [-0.4, -0.2) is 33.9 Å². The molecule has 4 N–H and O–H groups in total. The first-order valence-electron chi connectivity index (χ1n) is 9.76. The molecule has 150 valence electrons. The average molecular weight is 390 g/mol. The van der Waals surface area contributed by atoms with Crippen LogP contribution in [0.2, 0.25) is 0 Å². The van der Waals surface area contributed by atoms with Crippen LogP contribution in [-0.2, 0) is 13.5 Å². The summed E-state index contributed by atoms with van der Waals surface area (Å²) < 4.78 is 1.77. The topological polar surface area (TPSA) is 105 Å². The molecule has 2 aromatic heterocycles. The van der Waals surface area contributed by atoms with Gasteiger partial charge in [-0.2, -0.15) is 10.4 Å². The van der Waals surface area contributed by atoms with Crippen molar-refractivity contribution in [3.63, 3.8) is 0 Å². The fourth-order valence-electron chi connectivity index (χ4n) is 3.08. The maximum absolute atomic E-state index is 8.85. The van der Waals surface area contributed by atoms with Crippen LogP contribution in [0.25, 0.3) is 11.1 Å². The van der Waals surface area contributed by atoms with Gasteiger partial charge in [-0.3, -0.25) is 4.68 Å². The van der Waals surface area contributed by atoms with Crippen LogP contribution >= 0.6 is 0 Å². The molecule has 0 radical (unpaired) electrons. The summed E-state index contributed by atoms with van der Waals surface area (Å²) >= 11 is 0. The van der Waals surface area contributed by atoms with Crippen molar-refractivity contribution in [2.24, 2.45) is 7.05 Å². The average Bonchev–Trinajstić information content (AvgIpc) is 3.16. The zero-order valence-corrected chi connectivity index (χ0v) is 16.9. The van der Waals surface area contributed by atoms with E-state index < -0.39 is 0 Å². The Kier molecular flexibility index (Phi) is 6.82. The molecule has 1 atom stereocenters. The molecule has 0 spiro atoms. The molecule has 0 aliphatic rings. The van der Waals surface area contributed by atoms with Crippen LogP contribution in [0.4, 0.5) is 11.5 Å². The van der Waals surface area contributed by atoms with Crippen LogP contribution < -0.4 is 16.4 Å². The number of nitrogens with two attached hydrogens (primary N) is 1. The lowest BCUT2D eigenvalue weighted by molar-refractivity contribution is 0.529. The van der Waals surface area contributed by atoms with Gasteiger partial charge in [0.1, 0.15) is 5.82 Å². The number of aromatic nitrogens is 3. The van der Waals surface area contributed by atoms with Gasteiger partial charge in [-0.05, 0) is 50.1 Å². The van der Waals surface area contributed by atoms with Crippen molar-refractivity contribution in [3.8, 4) is 17.2 Å². The Morgan fingerprint density at radius 3 is 2.66 bits per heavy atom. The molecule has 0 saturated carbocycles. The Hall–Kier alpha value is -3.37. The number of rotatable bonds is 9. The number of hydrogen-bond acceptors (Lipinski definition) is 6. The van der Waals surface area contributed by atoms with Gasteiger partial charge < -0.3 is 16.4 Å². The summed E-state index contributed by atoms with van der Waals surface area (Å²) in [4.78, 5) is 4.30. The van der Waals surface area contributed by atoms with E-state index in [0.717, 1.165) is 42.7 Å². The molecule has 1 unspecified atom stereocenters. The molecule has 3 rings (SSSR count). The van der Waals surface area contributed by atoms with Crippen LogP contribution in [0.5, 0.6) is 0 Å². The highest BCUT2D eigenvalue weighted by Gasteiger charge is 2.07. The molecule has 0 amide bonds. The molecular weight excluding hydrogens is 362 g/mol. The highest BCUT2D eigenvalue weighted by Crippen LogP contribution is 2.24. The zero-order chi connectivity index (χ0) is 20.6. The minimum atomic E-state index is 0.372. The molecule has 2 heterocycles. The van der Waals surface area contributed by atoms with E-state index in [4.69, 9.17) is 11.0 Å². The molecule has 0 fully saturated rings. The van der Waals surface area contributed by atoms with E-state index in [1.807, 2.05) is 49.8 Å². The number of hydrogen-bond donors (Lipinski definition) is 3. The number of nitriles is 1. The van der Waals surface area contributed by atoms with Gasteiger partial charge in [-0.15, -0.1) is 0 Å². The van der Waals surface area contributed by atoms with Crippen molar-refractivity contribution in [1.29, 1.82) is 5.26 Å². The number of nitrogens with zero attached hydrogens (tertiary/aromatic N) is 4. The summed E-state index contributed by atoms with van der Waals surface area (Å²) in [5.74, 6) is 0.499. The number of nitrogen functional groups attached to an aromatic ring is 1. The summed E-state index contributed by atoms with van der Waals surface area (Å²) in [7, 11) is 1.89. The number of anilines is 2. The van der Waals surface area contributed by atoms with E-state index in [0.29, 0.717) is 17.4 Å². The molecule has 0 saturated heterocycles. The fourth-order valence-corrected chi connectivity index (χ4v) is 3.08. The summed E-state index contributed by atoms with van der Waals surface area (Å²) in [6.07, 6.45) is 7.44. The molecular formula is C22H27N7. The molecule has 0 bridgehead atoms. The second-order valence-electron chi connectivity index (χ2n) is 7.19. The highest BCUT2D eigenvalue weighted by atomic mass is 15.2. The van der Waals surface area contributed by atoms with E-state index >= 15 is 0 Å². The number of aryl methyl sites for hydroxylation is 1. The van der Waals surface area contributed by atoms with Crippen molar-refractivity contribution in [3.05, 3.63) is 60.0 Å². The van der Waals surface area contributed by atoms with Gasteiger partial charge in [0.25, 0.3) is 0 Å². The van der Waals surface area contributed by atoms with Crippen molar-refractivity contribution in [2.45, 2.75) is 25.8 Å². The Labute approximate surface area is 171 Å². The van der Waals surface area contributed by atoms with E-state index in [2.05, 4.69) is 33.7 Å². The third-order valence-corrected chi connectivity index (χ3v) is 4.84. The summed E-state index contributed by atoms with van der Waals surface area (Å²) in [5, 5.41) is 20.0. The Balaban J connectivity index is 1.43. The van der Waals surface area contributed by atoms with Gasteiger partial charge in [0, 0.05) is 43.2 Å². The second kappa shape index (κ2) is 9.71. The van der Waals surface area contributed by atoms with Crippen molar-refractivity contribution in [1.82, 2.24) is 20.1 Å². The van der Waals surface area contributed by atoms with Gasteiger partial charge in [-0.1, -0.05) is 12.1 Å². The first-order chi connectivity index (χ1) is 14.0. The van der Waals surface area contributed by atoms with Crippen LogP contribution in [0.1, 0.15) is 24.5 Å². The molecule has 0 aliphatic heterocycles. The quantitative estimate of drug-likeness (QED) is 0.520. The molecule has 7 heteroatoms. The van der Waals surface area contributed by atoms with Crippen LogP contribution in [0, 0.1) is 11.3 Å². The minimum Gasteiger partial charge on any atom is -0.382 e. The zero-order valence-electron chi connectivity index (χ0n) is 16.9. The predicted octanol–water partition coefficient (Wildman–Crippen LogP) is 2.96. The molecule has 1 aromatic carbocycles. The van der Waals surface area contributed by atoms with Gasteiger partial charge in [-0.25, -0.2) is 4.98 Å². The van der Waals surface area contributed by atoms with Crippen molar-refractivity contribution in [2.75, 3.05) is 24.1 Å². The fraction of sp³-hybridized carbons (Fsp3) is 0.318. The SMILES string of the molecule is CC(CCNc1cc(-c2cnn(C)c2)cnc1N)NCCc1ccc(C#N)cc1. The summed E-state index contributed by atoms with van der Waals surface area (Å²) in [6, 6.07) is 12.3. The molecule has 7 nitrogen and oxygen atoms in total. The Bertz CT molecular complexity index is 970. The number of benzene rings is 1. The molecule has 3 aromatic rings. The lowest BCUT2D eigenvalue weighted by Crippen LogP contribution is -2.30. The van der Waals surface area contributed by atoms with Gasteiger partial charge in [0.05, 0.1) is 23.5 Å². The van der Waals surface area contributed by atoms with E-state index in [9.17, 15) is 0 Å². The summed E-state index contributed by atoms with van der Waals surface area (Å²) in [6.45, 7) is 3.87. The number of nitrogens with one attached hydrogen (secondary N) is 2. The highest BCUT2D eigenvalue weighted by molar-refractivity contribution is 5.72. The first kappa shape index (κ1) is 20.4. The van der Waals surface area contributed by atoms with Crippen molar-refractivity contribution >= 4 is 11.5 Å².